The molecule has 0 radical (unpaired) electrons. The third-order valence-corrected chi connectivity index (χ3v) is 3.78. The molecule has 0 saturated heterocycles. The van der Waals surface area contributed by atoms with Crippen LogP contribution in [-0.2, 0) is 19.9 Å². The van der Waals surface area contributed by atoms with Crippen molar-refractivity contribution in [3.05, 3.63) is 41.2 Å². The van der Waals surface area contributed by atoms with Crippen LogP contribution in [0.5, 0.6) is 0 Å². The summed E-state index contributed by atoms with van der Waals surface area (Å²) in [5.41, 5.74) is 10.3. The molecular weight excluding hydrogens is 252 g/mol. The van der Waals surface area contributed by atoms with Crippen LogP contribution >= 0.6 is 0 Å². The van der Waals surface area contributed by atoms with Gasteiger partial charge >= 0.3 is 0 Å². The quantitative estimate of drug-likeness (QED) is 0.846. The van der Waals surface area contributed by atoms with Gasteiger partial charge in [-0.2, -0.15) is 5.10 Å². The van der Waals surface area contributed by atoms with Gasteiger partial charge < -0.3 is 10.6 Å². The molecular formula is C15H18N4O. The van der Waals surface area contributed by atoms with Crippen LogP contribution in [0.15, 0.2) is 24.4 Å². The van der Waals surface area contributed by atoms with E-state index < -0.39 is 0 Å². The van der Waals surface area contributed by atoms with Gasteiger partial charge in [0.25, 0.3) is 5.91 Å². The van der Waals surface area contributed by atoms with E-state index in [1.54, 1.807) is 10.9 Å². The number of nitrogens with zero attached hydrogens (tertiary/aromatic N) is 3. The second-order valence-electron chi connectivity index (χ2n) is 5.07. The number of amides is 1. The average Bonchev–Trinajstić information content (AvgIpc) is 3.02. The lowest BCUT2D eigenvalue weighted by molar-refractivity contribution is 0.0988. The molecule has 5 nitrogen and oxygen atoms in total. The Bertz CT molecular complexity index is 675. The van der Waals surface area contributed by atoms with Gasteiger partial charge in [0.2, 0.25) is 0 Å². The molecule has 1 amide bonds. The van der Waals surface area contributed by atoms with Crippen molar-refractivity contribution in [3.63, 3.8) is 0 Å². The van der Waals surface area contributed by atoms with E-state index >= 15 is 0 Å². The predicted molar refractivity (Wildman–Crippen MR) is 78.8 cm³/mol. The monoisotopic (exact) mass is 270 g/mol. The maximum atomic E-state index is 12.7. The van der Waals surface area contributed by atoms with Crippen LogP contribution < -0.4 is 10.6 Å². The van der Waals surface area contributed by atoms with Crippen LogP contribution in [0.25, 0.3) is 0 Å². The van der Waals surface area contributed by atoms with E-state index in [0.29, 0.717) is 12.1 Å². The van der Waals surface area contributed by atoms with Gasteiger partial charge in [0, 0.05) is 36.7 Å². The Hall–Kier alpha value is -2.30. The summed E-state index contributed by atoms with van der Waals surface area (Å²) in [5.74, 6) is 0.0132. The van der Waals surface area contributed by atoms with Gasteiger partial charge in [-0.05, 0) is 25.0 Å². The molecule has 0 saturated carbocycles. The third-order valence-electron chi connectivity index (χ3n) is 3.78. The van der Waals surface area contributed by atoms with Crippen LogP contribution in [-0.4, -0.2) is 22.2 Å². The summed E-state index contributed by atoms with van der Waals surface area (Å²) < 4.78 is 1.70. The van der Waals surface area contributed by atoms with Crippen molar-refractivity contribution in [3.8, 4) is 0 Å². The number of aromatic nitrogens is 2. The first kappa shape index (κ1) is 12.7. The number of nitrogens with two attached hydrogens (primary N) is 1. The van der Waals surface area contributed by atoms with Crippen molar-refractivity contribution in [2.45, 2.75) is 19.8 Å². The molecule has 2 N–H and O–H groups in total. The molecule has 1 aromatic heterocycles. The Kier molecular flexibility index (Phi) is 2.97. The molecule has 0 aliphatic carbocycles. The van der Waals surface area contributed by atoms with E-state index in [1.807, 2.05) is 37.1 Å². The lowest BCUT2D eigenvalue weighted by Gasteiger charge is -2.17. The molecule has 0 spiro atoms. The fourth-order valence-corrected chi connectivity index (χ4v) is 2.79. The van der Waals surface area contributed by atoms with Gasteiger partial charge in [-0.1, -0.05) is 13.0 Å². The number of benzene rings is 1. The van der Waals surface area contributed by atoms with Gasteiger partial charge in [0.05, 0.1) is 11.3 Å². The first-order valence-electron chi connectivity index (χ1n) is 6.83. The summed E-state index contributed by atoms with van der Waals surface area (Å²) in [4.78, 5) is 14.6. The van der Waals surface area contributed by atoms with Crippen LogP contribution in [0.1, 0.15) is 28.5 Å². The number of aryl methyl sites for hydroxylation is 2. The molecule has 0 bridgehead atoms. The molecule has 3 rings (SSSR count). The zero-order valence-electron chi connectivity index (χ0n) is 11.8. The normalized spacial score (nSPS) is 13.6. The van der Waals surface area contributed by atoms with Crippen molar-refractivity contribution in [2.75, 3.05) is 17.2 Å². The molecule has 1 aliphatic heterocycles. The zero-order valence-corrected chi connectivity index (χ0v) is 11.8. The summed E-state index contributed by atoms with van der Waals surface area (Å²) in [5, 5.41) is 4.34. The Morgan fingerprint density at radius 3 is 3.00 bits per heavy atom. The Morgan fingerprint density at radius 1 is 1.45 bits per heavy atom. The lowest BCUT2D eigenvalue weighted by Crippen LogP contribution is -2.29. The summed E-state index contributed by atoms with van der Waals surface area (Å²) >= 11 is 0. The molecule has 5 heteroatoms. The molecule has 104 valence electrons. The van der Waals surface area contributed by atoms with E-state index in [0.717, 1.165) is 35.5 Å². The van der Waals surface area contributed by atoms with E-state index in [-0.39, 0.29) is 5.91 Å². The number of anilines is 2. The molecule has 2 heterocycles. The molecule has 2 aromatic rings. The maximum Gasteiger partial charge on any atom is 0.261 e. The molecule has 1 aromatic carbocycles. The number of carbonyl (C=O) groups is 1. The topological polar surface area (TPSA) is 64.2 Å². The maximum absolute atomic E-state index is 12.7. The summed E-state index contributed by atoms with van der Waals surface area (Å²) in [6.07, 6.45) is 3.36. The number of fused-ring (bicyclic) bond motifs is 1. The number of hydrogen-bond donors (Lipinski definition) is 1. The second-order valence-corrected chi connectivity index (χ2v) is 5.07. The number of rotatable bonds is 2. The fraction of sp³-hybridized carbons (Fsp3) is 0.333. The van der Waals surface area contributed by atoms with Crippen molar-refractivity contribution in [1.29, 1.82) is 0 Å². The Morgan fingerprint density at radius 2 is 2.25 bits per heavy atom. The number of carbonyl (C=O) groups excluding carboxylic acids is 1. The highest BCUT2D eigenvalue weighted by molar-refractivity contribution is 6.08. The van der Waals surface area contributed by atoms with Crippen molar-refractivity contribution in [2.24, 2.45) is 7.05 Å². The van der Waals surface area contributed by atoms with E-state index in [9.17, 15) is 4.79 Å². The summed E-state index contributed by atoms with van der Waals surface area (Å²) in [7, 11) is 1.84. The zero-order chi connectivity index (χ0) is 14.3. The highest BCUT2D eigenvalue weighted by Gasteiger charge is 2.28. The van der Waals surface area contributed by atoms with Gasteiger partial charge in [-0.25, -0.2) is 0 Å². The molecule has 1 aliphatic rings. The van der Waals surface area contributed by atoms with Crippen molar-refractivity contribution < 1.29 is 4.79 Å². The van der Waals surface area contributed by atoms with Gasteiger partial charge in [0.15, 0.2) is 0 Å². The SMILES string of the molecule is CCc1nn(C)cc1C(=O)N1CCc2c(N)cccc21. The average molecular weight is 270 g/mol. The molecule has 20 heavy (non-hydrogen) atoms. The lowest BCUT2D eigenvalue weighted by atomic mass is 10.1. The van der Waals surface area contributed by atoms with Crippen LogP contribution in [0.3, 0.4) is 0 Å². The van der Waals surface area contributed by atoms with Crippen LogP contribution in [0.4, 0.5) is 11.4 Å². The Labute approximate surface area is 118 Å². The minimum Gasteiger partial charge on any atom is -0.398 e. The minimum atomic E-state index is 0.0132. The minimum absolute atomic E-state index is 0.0132. The molecule has 0 unspecified atom stereocenters. The molecule has 0 fully saturated rings. The van der Waals surface area contributed by atoms with Crippen LogP contribution in [0.2, 0.25) is 0 Å². The first-order valence-corrected chi connectivity index (χ1v) is 6.83. The van der Waals surface area contributed by atoms with Crippen molar-refractivity contribution in [1.82, 2.24) is 9.78 Å². The first-order chi connectivity index (χ1) is 9.61. The Balaban J connectivity index is 2.00. The van der Waals surface area contributed by atoms with Gasteiger partial charge in [-0.3, -0.25) is 9.48 Å². The van der Waals surface area contributed by atoms with Crippen LogP contribution in [0, 0.1) is 0 Å². The second kappa shape index (κ2) is 4.67. The van der Waals surface area contributed by atoms with E-state index in [4.69, 9.17) is 5.73 Å². The van der Waals surface area contributed by atoms with Gasteiger partial charge in [-0.15, -0.1) is 0 Å². The smallest absolute Gasteiger partial charge is 0.261 e. The van der Waals surface area contributed by atoms with E-state index in [1.165, 1.54) is 0 Å². The van der Waals surface area contributed by atoms with E-state index in [2.05, 4.69) is 5.10 Å². The standard InChI is InChI=1S/C15H18N4O/c1-3-13-11(9-18(2)17-13)15(20)19-8-7-10-12(16)5-4-6-14(10)19/h4-6,9H,3,7-8,16H2,1-2H3. The highest BCUT2D eigenvalue weighted by atomic mass is 16.2. The van der Waals surface area contributed by atoms with Gasteiger partial charge in [0.1, 0.15) is 0 Å². The van der Waals surface area contributed by atoms with Crippen molar-refractivity contribution >= 4 is 17.3 Å². The largest absolute Gasteiger partial charge is 0.398 e. The highest BCUT2D eigenvalue weighted by Crippen LogP contribution is 2.33. The molecule has 0 atom stereocenters. The number of hydrogen-bond acceptors (Lipinski definition) is 3. The predicted octanol–water partition coefficient (Wildman–Crippen LogP) is 1.77. The number of nitrogen functional groups attached to an aromatic ring is 1. The summed E-state index contributed by atoms with van der Waals surface area (Å²) in [6.45, 7) is 2.69. The summed E-state index contributed by atoms with van der Waals surface area (Å²) in [6, 6.07) is 5.73. The third kappa shape index (κ3) is 1.86. The fourth-order valence-electron chi connectivity index (χ4n) is 2.79.